The van der Waals surface area contributed by atoms with E-state index in [1.807, 2.05) is 88.4 Å². The smallest absolute Gasteiger partial charge is 0.264 e. The summed E-state index contributed by atoms with van der Waals surface area (Å²) >= 11 is 0. The standard InChI is InChI=1S/C37H43N3O5S/c1-6-29(4)38-37(42)34(24-30-15-9-7-10-16-30)39(25-31-17-13-14-27(2)22-31)36(41)26-40(33-23-28(3)20-21-35(33)45-5)46(43,44)32-18-11-8-12-19-32/h7-23,29,34H,6,24-26H2,1-5H3,(H,38,42)/t29-,34+/m1/s1. The van der Waals surface area contributed by atoms with Gasteiger partial charge in [0.15, 0.2) is 0 Å². The molecule has 242 valence electrons. The van der Waals surface area contributed by atoms with Gasteiger partial charge in [0.25, 0.3) is 10.0 Å². The van der Waals surface area contributed by atoms with Crippen molar-refractivity contribution in [3.63, 3.8) is 0 Å². The SMILES string of the molecule is CC[C@@H](C)NC(=O)[C@H](Cc1ccccc1)N(Cc1cccc(C)c1)C(=O)CN(c1cc(C)ccc1OC)S(=O)(=O)c1ccccc1. The van der Waals surface area contributed by atoms with Crippen LogP contribution in [0.4, 0.5) is 5.69 Å². The summed E-state index contributed by atoms with van der Waals surface area (Å²) in [4.78, 5) is 30.2. The Hall–Kier alpha value is -4.63. The summed E-state index contributed by atoms with van der Waals surface area (Å²) in [5, 5.41) is 3.06. The second kappa shape index (κ2) is 15.6. The molecule has 0 unspecified atom stereocenters. The molecule has 2 amide bonds. The molecule has 0 saturated heterocycles. The van der Waals surface area contributed by atoms with E-state index in [0.29, 0.717) is 12.2 Å². The highest BCUT2D eigenvalue weighted by Crippen LogP contribution is 2.34. The molecular formula is C37H43N3O5S. The van der Waals surface area contributed by atoms with Gasteiger partial charge in [0.2, 0.25) is 11.8 Å². The number of nitrogens with zero attached hydrogens (tertiary/aromatic N) is 2. The molecule has 4 rings (SSSR count). The van der Waals surface area contributed by atoms with Crippen LogP contribution in [0.2, 0.25) is 0 Å². The molecule has 46 heavy (non-hydrogen) atoms. The van der Waals surface area contributed by atoms with Crippen molar-refractivity contribution in [2.45, 2.75) is 64.1 Å². The van der Waals surface area contributed by atoms with E-state index < -0.39 is 28.5 Å². The maximum Gasteiger partial charge on any atom is 0.264 e. The van der Waals surface area contributed by atoms with E-state index in [1.54, 1.807) is 30.3 Å². The molecule has 0 heterocycles. The van der Waals surface area contributed by atoms with Crippen LogP contribution < -0.4 is 14.4 Å². The normalized spacial score (nSPS) is 12.5. The van der Waals surface area contributed by atoms with Crippen molar-refractivity contribution < 1.29 is 22.7 Å². The molecule has 9 heteroatoms. The fourth-order valence-corrected chi connectivity index (χ4v) is 6.67. The highest BCUT2D eigenvalue weighted by atomic mass is 32.2. The average molecular weight is 642 g/mol. The van der Waals surface area contributed by atoms with Crippen LogP contribution in [0.15, 0.2) is 108 Å². The maximum absolute atomic E-state index is 14.7. The Morgan fingerprint density at radius 1 is 0.826 bits per heavy atom. The van der Waals surface area contributed by atoms with Crippen molar-refractivity contribution >= 4 is 27.5 Å². The number of methoxy groups -OCH3 is 1. The lowest BCUT2D eigenvalue weighted by Crippen LogP contribution is -2.54. The highest BCUT2D eigenvalue weighted by molar-refractivity contribution is 7.92. The molecule has 0 spiro atoms. The minimum atomic E-state index is -4.23. The number of carbonyl (C=O) groups is 2. The van der Waals surface area contributed by atoms with E-state index in [9.17, 15) is 18.0 Å². The zero-order valence-electron chi connectivity index (χ0n) is 27.1. The minimum absolute atomic E-state index is 0.0342. The number of sulfonamides is 1. The van der Waals surface area contributed by atoms with Crippen LogP contribution in [0, 0.1) is 13.8 Å². The molecule has 0 aliphatic heterocycles. The van der Waals surface area contributed by atoms with Crippen molar-refractivity contribution in [3.8, 4) is 5.75 Å². The van der Waals surface area contributed by atoms with Crippen LogP contribution in [-0.4, -0.2) is 50.9 Å². The molecule has 4 aromatic carbocycles. The number of hydrogen-bond donors (Lipinski definition) is 1. The summed E-state index contributed by atoms with van der Waals surface area (Å²) in [5.41, 5.74) is 3.74. The molecule has 2 atom stereocenters. The predicted octanol–water partition coefficient (Wildman–Crippen LogP) is 6.06. The van der Waals surface area contributed by atoms with E-state index in [1.165, 1.54) is 24.1 Å². The van der Waals surface area contributed by atoms with Gasteiger partial charge in [-0.05, 0) is 68.1 Å². The van der Waals surface area contributed by atoms with Crippen molar-refractivity contribution in [1.82, 2.24) is 10.2 Å². The number of carbonyl (C=O) groups excluding carboxylic acids is 2. The Bertz CT molecular complexity index is 1730. The van der Waals surface area contributed by atoms with Gasteiger partial charge in [-0.25, -0.2) is 8.42 Å². The monoisotopic (exact) mass is 641 g/mol. The quantitative estimate of drug-likeness (QED) is 0.181. The lowest BCUT2D eigenvalue weighted by atomic mass is 10.0. The van der Waals surface area contributed by atoms with Gasteiger partial charge in [0.1, 0.15) is 18.3 Å². The number of ether oxygens (including phenoxy) is 1. The van der Waals surface area contributed by atoms with E-state index in [-0.39, 0.29) is 35.5 Å². The molecule has 1 N–H and O–H groups in total. The van der Waals surface area contributed by atoms with Crippen molar-refractivity contribution in [3.05, 3.63) is 125 Å². The first kappa shape index (κ1) is 34.2. The van der Waals surface area contributed by atoms with Crippen LogP contribution in [0.5, 0.6) is 5.75 Å². The third-order valence-corrected chi connectivity index (χ3v) is 9.69. The molecule has 0 aliphatic rings. The van der Waals surface area contributed by atoms with Gasteiger partial charge >= 0.3 is 0 Å². The first-order valence-electron chi connectivity index (χ1n) is 15.4. The molecular weight excluding hydrogens is 598 g/mol. The Labute approximate surface area is 273 Å². The Kier molecular flexibility index (Phi) is 11.6. The summed E-state index contributed by atoms with van der Waals surface area (Å²) in [6.45, 7) is 7.26. The molecule has 8 nitrogen and oxygen atoms in total. The van der Waals surface area contributed by atoms with Gasteiger partial charge in [-0.3, -0.25) is 13.9 Å². The number of anilines is 1. The highest BCUT2D eigenvalue weighted by Gasteiger charge is 2.35. The lowest BCUT2D eigenvalue weighted by molar-refractivity contribution is -0.140. The summed E-state index contributed by atoms with van der Waals surface area (Å²) in [5.74, 6) is -0.520. The fraction of sp³-hybridized carbons (Fsp3) is 0.297. The van der Waals surface area contributed by atoms with Gasteiger partial charge in [-0.1, -0.05) is 91.3 Å². The van der Waals surface area contributed by atoms with Crippen LogP contribution in [0.25, 0.3) is 0 Å². The molecule has 0 bridgehead atoms. The van der Waals surface area contributed by atoms with E-state index in [4.69, 9.17) is 4.74 Å². The van der Waals surface area contributed by atoms with Crippen LogP contribution in [0.1, 0.15) is 42.5 Å². The van der Waals surface area contributed by atoms with Gasteiger partial charge in [-0.2, -0.15) is 0 Å². The summed E-state index contributed by atoms with van der Waals surface area (Å²) in [6.07, 6.45) is 0.964. The molecule has 0 aromatic heterocycles. The number of rotatable bonds is 14. The largest absolute Gasteiger partial charge is 0.495 e. The van der Waals surface area contributed by atoms with Crippen LogP contribution >= 0.6 is 0 Å². The van der Waals surface area contributed by atoms with Gasteiger partial charge in [0, 0.05) is 19.0 Å². The number of hydrogen-bond acceptors (Lipinski definition) is 5. The molecule has 0 radical (unpaired) electrons. The second-order valence-electron chi connectivity index (χ2n) is 11.5. The summed E-state index contributed by atoms with van der Waals surface area (Å²) in [7, 11) is -2.77. The first-order chi connectivity index (χ1) is 22.0. The van der Waals surface area contributed by atoms with Gasteiger partial charge < -0.3 is 15.0 Å². The van der Waals surface area contributed by atoms with E-state index >= 15 is 0 Å². The topological polar surface area (TPSA) is 96.0 Å². The molecule has 4 aromatic rings. The predicted molar refractivity (Wildman–Crippen MR) is 182 cm³/mol. The van der Waals surface area contributed by atoms with Crippen molar-refractivity contribution in [1.29, 1.82) is 0 Å². The fourth-order valence-electron chi connectivity index (χ4n) is 5.23. The molecule has 0 fully saturated rings. The molecule has 0 aliphatic carbocycles. The Morgan fingerprint density at radius 3 is 2.09 bits per heavy atom. The summed E-state index contributed by atoms with van der Waals surface area (Å²) in [6, 6.07) is 29.4. The first-order valence-corrected chi connectivity index (χ1v) is 16.9. The number of benzene rings is 4. The Morgan fingerprint density at radius 2 is 1.46 bits per heavy atom. The zero-order valence-corrected chi connectivity index (χ0v) is 28.0. The number of amides is 2. The third kappa shape index (κ3) is 8.54. The Balaban J connectivity index is 1.85. The number of aryl methyl sites for hydroxylation is 2. The van der Waals surface area contributed by atoms with Crippen LogP contribution in [0.3, 0.4) is 0 Å². The number of nitrogens with one attached hydrogen (secondary N) is 1. The van der Waals surface area contributed by atoms with Gasteiger partial charge in [-0.15, -0.1) is 0 Å². The van der Waals surface area contributed by atoms with Crippen LogP contribution in [-0.2, 0) is 32.6 Å². The van der Waals surface area contributed by atoms with E-state index in [0.717, 1.165) is 26.6 Å². The minimum Gasteiger partial charge on any atom is -0.495 e. The maximum atomic E-state index is 14.7. The second-order valence-corrected chi connectivity index (χ2v) is 13.4. The zero-order chi connectivity index (χ0) is 33.3. The van der Waals surface area contributed by atoms with Crippen molar-refractivity contribution in [2.24, 2.45) is 0 Å². The summed E-state index contributed by atoms with van der Waals surface area (Å²) < 4.78 is 35.2. The average Bonchev–Trinajstić information content (AvgIpc) is 3.05. The lowest BCUT2D eigenvalue weighted by Gasteiger charge is -2.34. The van der Waals surface area contributed by atoms with Crippen molar-refractivity contribution in [2.75, 3.05) is 18.0 Å². The van der Waals surface area contributed by atoms with Gasteiger partial charge in [0.05, 0.1) is 17.7 Å². The third-order valence-electron chi connectivity index (χ3n) is 7.92. The van der Waals surface area contributed by atoms with E-state index in [2.05, 4.69) is 5.32 Å². The molecule has 0 saturated carbocycles.